The Morgan fingerprint density at radius 3 is 2.55 bits per heavy atom. The summed E-state index contributed by atoms with van der Waals surface area (Å²) >= 11 is 1.47. The summed E-state index contributed by atoms with van der Waals surface area (Å²) in [6.07, 6.45) is -3.01. The molecule has 3 aromatic rings. The van der Waals surface area contributed by atoms with Crippen LogP contribution in [0.2, 0.25) is 0 Å². The number of rotatable bonds is 7. The number of oxime groups is 1. The van der Waals surface area contributed by atoms with Crippen LogP contribution in [-0.2, 0) is 22.4 Å². The minimum atomic E-state index is -4.54. The lowest BCUT2D eigenvalue weighted by molar-refractivity contribution is -0.141. The number of alkyl halides is 3. The number of thiazole rings is 1. The topological polar surface area (TPSA) is 72.6 Å². The first-order chi connectivity index (χ1) is 18.1. The Bertz CT molecular complexity index is 1330. The minimum absolute atomic E-state index is 0.0427. The monoisotopic (exact) mass is 553 g/mol. The lowest BCUT2D eigenvalue weighted by Crippen LogP contribution is -2.44. The number of benzene rings is 1. The molecule has 4 heterocycles. The molecule has 2 aliphatic rings. The second-order valence-electron chi connectivity index (χ2n) is 9.41. The molecule has 1 saturated heterocycles. The maximum absolute atomic E-state index is 14.1. The van der Waals surface area contributed by atoms with Gasteiger partial charge in [-0.25, -0.2) is 13.8 Å². The van der Waals surface area contributed by atoms with Crippen LogP contribution < -0.4 is 0 Å². The molecule has 5 rings (SSSR count). The maximum Gasteiger partial charge on any atom is 0.435 e. The van der Waals surface area contributed by atoms with Gasteiger partial charge in [-0.3, -0.25) is 9.58 Å². The van der Waals surface area contributed by atoms with Gasteiger partial charge in [0.1, 0.15) is 23.6 Å². The number of carbonyl (C=O) groups excluding carboxylic acids is 1. The van der Waals surface area contributed by atoms with Crippen molar-refractivity contribution in [3.63, 3.8) is 0 Å². The number of piperidine rings is 1. The molecule has 38 heavy (non-hydrogen) atoms. The number of nitrogens with zero attached hydrogens (tertiary/aromatic N) is 5. The van der Waals surface area contributed by atoms with E-state index in [0.717, 1.165) is 30.2 Å². The highest BCUT2D eigenvalue weighted by Gasteiger charge is 2.35. The van der Waals surface area contributed by atoms with Crippen LogP contribution in [0.3, 0.4) is 0 Å². The summed E-state index contributed by atoms with van der Waals surface area (Å²) in [6.45, 7) is 2.73. The second kappa shape index (κ2) is 10.5. The van der Waals surface area contributed by atoms with Crippen molar-refractivity contribution in [1.29, 1.82) is 0 Å². The van der Waals surface area contributed by atoms with Crippen molar-refractivity contribution in [1.82, 2.24) is 19.7 Å². The van der Waals surface area contributed by atoms with Gasteiger partial charge in [0.2, 0.25) is 0 Å². The second-order valence-corrected chi connectivity index (χ2v) is 10.3. The normalized spacial score (nSPS) is 19.8. The number of hydrogen-bond acceptors (Lipinski definition) is 7. The van der Waals surface area contributed by atoms with Crippen molar-refractivity contribution in [3.05, 3.63) is 68.9 Å². The van der Waals surface area contributed by atoms with E-state index in [-0.39, 0.29) is 24.4 Å². The number of likely N-dealkylation sites (tertiary alicyclic amines) is 1. The van der Waals surface area contributed by atoms with Gasteiger partial charge in [-0.05, 0) is 51.1 Å². The van der Waals surface area contributed by atoms with Crippen molar-refractivity contribution in [3.8, 4) is 0 Å². The van der Waals surface area contributed by atoms with E-state index in [9.17, 15) is 26.7 Å². The Morgan fingerprint density at radius 1 is 1.21 bits per heavy atom. The van der Waals surface area contributed by atoms with E-state index < -0.39 is 35.7 Å². The average Bonchev–Trinajstić information content (AvgIpc) is 3.63. The molecule has 0 aliphatic carbocycles. The van der Waals surface area contributed by atoms with Gasteiger partial charge in [0.25, 0.3) is 0 Å². The standard InChI is InChI=1S/C25H24F5N5O2S/c1-14-9-22(25(28,29)30)32-35(14)11-16(12-36)34-7-5-15(6-8-34)24-31-20(13-38-24)19-10-21(37-33-19)23-17(26)3-2-4-18(23)27/h2-4,9,12-13,15-16,21H,5-8,10-11H2,1H3/t16?,21-/m1/s1. The zero-order chi connectivity index (χ0) is 27.0. The molecule has 2 atom stereocenters. The maximum atomic E-state index is 14.1. The molecule has 0 bridgehead atoms. The van der Waals surface area contributed by atoms with Crippen LogP contribution in [0.1, 0.15) is 58.9 Å². The summed E-state index contributed by atoms with van der Waals surface area (Å²) in [6, 6.07) is 4.03. The van der Waals surface area contributed by atoms with E-state index in [2.05, 4.69) is 10.3 Å². The van der Waals surface area contributed by atoms with Gasteiger partial charge in [0.15, 0.2) is 11.8 Å². The molecule has 2 aliphatic heterocycles. The molecular weight excluding hydrogens is 529 g/mol. The Hall–Kier alpha value is -3.19. The number of hydrogen-bond donors (Lipinski definition) is 0. The Labute approximate surface area is 218 Å². The third kappa shape index (κ3) is 5.35. The summed E-state index contributed by atoms with van der Waals surface area (Å²) in [5.41, 5.74) is 0.339. The van der Waals surface area contributed by atoms with Crippen molar-refractivity contribution >= 4 is 23.3 Å². The number of aldehydes is 1. The Balaban J connectivity index is 1.18. The van der Waals surface area contributed by atoms with Crippen LogP contribution in [0.25, 0.3) is 0 Å². The summed E-state index contributed by atoms with van der Waals surface area (Å²) in [7, 11) is 0. The van der Waals surface area contributed by atoms with Gasteiger partial charge >= 0.3 is 6.18 Å². The third-order valence-corrected chi connectivity index (χ3v) is 7.95. The van der Waals surface area contributed by atoms with Crippen molar-refractivity contribution in [2.24, 2.45) is 5.16 Å². The van der Waals surface area contributed by atoms with Gasteiger partial charge in [-0.1, -0.05) is 11.2 Å². The SMILES string of the molecule is Cc1cc(C(F)(F)F)nn1CC(C=O)N1CCC(c2nc(C3=NO[C@@H](c4c(F)cccc4F)C3)cs2)CC1. The highest BCUT2D eigenvalue weighted by Crippen LogP contribution is 2.35. The van der Waals surface area contributed by atoms with Crippen LogP contribution in [0.4, 0.5) is 22.0 Å². The Kier molecular flexibility index (Phi) is 7.32. The predicted octanol–water partition coefficient (Wildman–Crippen LogP) is 5.26. The molecule has 0 spiro atoms. The molecule has 0 amide bonds. The average molecular weight is 554 g/mol. The zero-order valence-corrected chi connectivity index (χ0v) is 21.1. The quantitative estimate of drug-likeness (QED) is 0.295. The van der Waals surface area contributed by atoms with E-state index in [0.29, 0.717) is 30.2 Å². The van der Waals surface area contributed by atoms with Gasteiger partial charge < -0.3 is 9.63 Å². The number of aryl methyl sites for hydroxylation is 1. The van der Waals surface area contributed by atoms with Crippen LogP contribution in [0.15, 0.2) is 34.8 Å². The smallest absolute Gasteiger partial charge is 0.387 e. The van der Waals surface area contributed by atoms with Crippen LogP contribution in [-0.4, -0.2) is 50.8 Å². The molecule has 0 radical (unpaired) electrons. The largest absolute Gasteiger partial charge is 0.435 e. The van der Waals surface area contributed by atoms with Crippen LogP contribution in [0.5, 0.6) is 0 Å². The van der Waals surface area contributed by atoms with E-state index in [1.807, 2.05) is 10.3 Å². The fourth-order valence-corrected chi connectivity index (χ4v) is 5.84. The molecule has 202 valence electrons. The summed E-state index contributed by atoms with van der Waals surface area (Å²) < 4.78 is 68.4. The van der Waals surface area contributed by atoms with E-state index >= 15 is 0 Å². The summed E-state index contributed by atoms with van der Waals surface area (Å²) in [4.78, 5) is 23.8. The molecule has 7 nitrogen and oxygen atoms in total. The first-order valence-electron chi connectivity index (χ1n) is 12.1. The highest BCUT2D eigenvalue weighted by molar-refractivity contribution is 7.10. The number of aromatic nitrogens is 3. The van der Waals surface area contributed by atoms with Gasteiger partial charge in [0.05, 0.1) is 28.9 Å². The summed E-state index contributed by atoms with van der Waals surface area (Å²) in [5, 5.41) is 10.4. The first kappa shape index (κ1) is 26.4. The molecule has 1 unspecified atom stereocenters. The van der Waals surface area contributed by atoms with Crippen LogP contribution in [0, 0.1) is 18.6 Å². The molecule has 13 heteroatoms. The molecular formula is C25H24F5N5O2S. The molecule has 1 fully saturated rings. The minimum Gasteiger partial charge on any atom is -0.387 e. The van der Waals surface area contributed by atoms with E-state index in [1.54, 1.807) is 0 Å². The first-order valence-corrected chi connectivity index (χ1v) is 13.0. The highest BCUT2D eigenvalue weighted by atomic mass is 32.1. The Morgan fingerprint density at radius 2 is 1.92 bits per heavy atom. The lowest BCUT2D eigenvalue weighted by atomic mass is 9.96. The van der Waals surface area contributed by atoms with Crippen molar-refractivity contribution in [2.75, 3.05) is 13.1 Å². The predicted molar refractivity (Wildman–Crippen MR) is 129 cm³/mol. The van der Waals surface area contributed by atoms with E-state index in [4.69, 9.17) is 9.82 Å². The van der Waals surface area contributed by atoms with Crippen molar-refractivity contribution < 1.29 is 31.6 Å². The van der Waals surface area contributed by atoms with Gasteiger partial charge in [0, 0.05) is 23.4 Å². The molecule has 0 N–H and O–H groups in total. The fourth-order valence-electron chi connectivity index (χ4n) is 4.84. The van der Waals surface area contributed by atoms with Gasteiger partial charge in [-0.2, -0.15) is 18.3 Å². The molecule has 0 saturated carbocycles. The van der Waals surface area contributed by atoms with Gasteiger partial charge in [-0.15, -0.1) is 11.3 Å². The lowest BCUT2D eigenvalue weighted by Gasteiger charge is -2.34. The molecule has 1 aromatic carbocycles. The zero-order valence-electron chi connectivity index (χ0n) is 20.3. The third-order valence-electron chi connectivity index (χ3n) is 6.94. The summed E-state index contributed by atoms with van der Waals surface area (Å²) in [5.74, 6) is -1.23. The fraction of sp³-hybridized carbons (Fsp3) is 0.440. The van der Waals surface area contributed by atoms with Crippen LogP contribution >= 0.6 is 11.3 Å². The van der Waals surface area contributed by atoms with Crippen molar-refractivity contribution in [2.45, 2.75) is 57.0 Å². The molecule has 2 aromatic heterocycles. The number of carbonyl (C=O) groups is 1. The van der Waals surface area contributed by atoms with E-state index in [1.165, 1.54) is 41.1 Å². The number of halogens is 5.